The van der Waals surface area contributed by atoms with E-state index in [-0.39, 0.29) is 0 Å². The molecule has 0 radical (unpaired) electrons. The van der Waals surface area contributed by atoms with Crippen molar-refractivity contribution in [1.29, 1.82) is 0 Å². The lowest BCUT2D eigenvalue weighted by molar-refractivity contribution is 0.384. The van der Waals surface area contributed by atoms with Crippen LogP contribution in [-0.2, 0) is 0 Å². The van der Waals surface area contributed by atoms with Gasteiger partial charge in [0.25, 0.3) is 0 Å². The summed E-state index contributed by atoms with van der Waals surface area (Å²) in [6.07, 6.45) is 12.4. The van der Waals surface area contributed by atoms with Gasteiger partial charge >= 0.3 is 0 Å². The summed E-state index contributed by atoms with van der Waals surface area (Å²) >= 11 is 0. The van der Waals surface area contributed by atoms with Gasteiger partial charge in [-0.1, -0.05) is 65.2 Å². The van der Waals surface area contributed by atoms with Crippen LogP contribution in [0.25, 0.3) is 0 Å². The number of hydrogen-bond acceptors (Lipinski definition) is 1. The minimum atomic E-state index is 0.869. The lowest BCUT2D eigenvalue weighted by Gasteiger charge is -2.15. The van der Waals surface area contributed by atoms with Gasteiger partial charge in [0.05, 0.1) is 0 Å². The first kappa shape index (κ1) is 14.0. The quantitative estimate of drug-likeness (QED) is 0.526. The molecule has 0 amide bonds. The summed E-state index contributed by atoms with van der Waals surface area (Å²) in [4.78, 5) is 0. The zero-order valence-electron chi connectivity index (χ0n) is 10.2. The molecule has 0 saturated carbocycles. The van der Waals surface area contributed by atoms with Crippen LogP contribution >= 0.6 is 0 Å². The SMILES string of the molecule is CCCCCC(CCC)CCCCN. The van der Waals surface area contributed by atoms with Gasteiger partial charge in [0.1, 0.15) is 0 Å². The van der Waals surface area contributed by atoms with E-state index in [0.29, 0.717) is 0 Å². The van der Waals surface area contributed by atoms with Crippen molar-refractivity contribution in [3.05, 3.63) is 0 Å². The number of nitrogens with two attached hydrogens (primary N) is 1. The minimum Gasteiger partial charge on any atom is -0.330 e. The molecule has 0 heterocycles. The van der Waals surface area contributed by atoms with Crippen LogP contribution in [0, 0.1) is 5.92 Å². The molecule has 0 aromatic heterocycles. The average molecular weight is 199 g/mol. The van der Waals surface area contributed by atoms with E-state index in [0.717, 1.165) is 12.5 Å². The van der Waals surface area contributed by atoms with Crippen molar-refractivity contribution in [2.75, 3.05) is 6.54 Å². The molecule has 1 atom stereocenters. The molecule has 1 unspecified atom stereocenters. The standard InChI is InChI=1S/C13H29N/c1-3-5-6-10-13(9-4-2)11-7-8-12-14/h13H,3-12,14H2,1-2H3. The van der Waals surface area contributed by atoms with Crippen LogP contribution in [0.15, 0.2) is 0 Å². The topological polar surface area (TPSA) is 26.0 Å². The Labute approximate surface area is 90.5 Å². The fraction of sp³-hybridized carbons (Fsp3) is 1.00. The largest absolute Gasteiger partial charge is 0.330 e. The second kappa shape index (κ2) is 11.0. The van der Waals surface area contributed by atoms with E-state index in [1.807, 2.05) is 0 Å². The van der Waals surface area contributed by atoms with E-state index in [9.17, 15) is 0 Å². The third kappa shape index (κ3) is 8.55. The molecule has 0 aliphatic rings. The third-order valence-corrected chi connectivity index (χ3v) is 2.98. The minimum absolute atomic E-state index is 0.869. The second-order valence-electron chi connectivity index (χ2n) is 4.43. The van der Waals surface area contributed by atoms with E-state index in [1.165, 1.54) is 57.8 Å². The number of unbranched alkanes of at least 4 members (excludes halogenated alkanes) is 3. The van der Waals surface area contributed by atoms with Gasteiger partial charge in [-0.25, -0.2) is 0 Å². The highest BCUT2D eigenvalue weighted by Gasteiger charge is 2.06. The molecule has 0 aliphatic heterocycles. The molecule has 0 bridgehead atoms. The molecule has 0 saturated heterocycles. The zero-order chi connectivity index (χ0) is 10.6. The van der Waals surface area contributed by atoms with Crippen molar-refractivity contribution in [3.8, 4) is 0 Å². The van der Waals surface area contributed by atoms with E-state index in [4.69, 9.17) is 5.73 Å². The van der Waals surface area contributed by atoms with E-state index in [2.05, 4.69) is 13.8 Å². The van der Waals surface area contributed by atoms with Crippen molar-refractivity contribution in [3.63, 3.8) is 0 Å². The fourth-order valence-corrected chi connectivity index (χ4v) is 2.10. The highest BCUT2D eigenvalue weighted by atomic mass is 14.5. The zero-order valence-corrected chi connectivity index (χ0v) is 10.2. The van der Waals surface area contributed by atoms with Crippen molar-refractivity contribution in [1.82, 2.24) is 0 Å². The summed E-state index contributed by atoms with van der Waals surface area (Å²) < 4.78 is 0. The molecule has 0 spiro atoms. The van der Waals surface area contributed by atoms with Crippen LogP contribution in [-0.4, -0.2) is 6.54 Å². The maximum absolute atomic E-state index is 5.51. The second-order valence-corrected chi connectivity index (χ2v) is 4.43. The summed E-state index contributed by atoms with van der Waals surface area (Å²) in [5.41, 5.74) is 5.51. The van der Waals surface area contributed by atoms with Crippen molar-refractivity contribution < 1.29 is 0 Å². The van der Waals surface area contributed by atoms with Crippen LogP contribution in [0.4, 0.5) is 0 Å². The molecule has 2 N–H and O–H groups in total. The molecule has 0 aliphatic carbocycles. The maximum atomic E-state index is 5.51. The van der Waals surface area contributed by atoms with Gasteiger partial charge in [0, 0.05) is 0 Å². The van der Waals surface area contributed by atoms with Gasteiger partial charge in [-0.3, -0.25) is 0 Å². The molecular weight excluding hydrogens is 170 g/mol. The Bertz CT molecular complexity index is 91.4. The Kier molecular flexibility index (Phi) is 11.0. The lowest BCUT2D eigenvalue weighted by Crippen LogP contribution is -2.03. The van der Waals surface area contributed by atoms with Gasteiger partial charge < -0.3 is 5.73 Å². The summed E-state index contributed by atoms with van der Waals surface area (Å²) in [5.74, 6) is 0.984. The molecule has 0 aromatic rings. The molecule has 14 heavy (non-hydrogen) atoms. The van der Waals surface area contributed by atoms with Gasteiger partial charge in [-0.05, 0) is 18.9 Å². The van der Waals surface area contributed by atoms with E-state index >= 15 is 0 Å². The predicted molar refractivity (Wildman–Crippen MR) is 65.4 cm³/mol. The number of rotatable bonds is 10. The monoisotopic (exact) mass is 199 g/mol. The Morgan fingerprint density at radius 2 is 1.43 bits per heavy atom. The first-order valence-electron chi connectivity index (χ1n) is 6.55. The highest BCUT2D eigenvalue weighted by molar-refractivity contribution is 4.60. The summed E-state index contributed by atoms with van der Waals surface area (Å²) in [6, 6.07) is 0. The summed E-state index contributed by atoms with van der Waals surface area (Å²) in [6.45, 7) is 5.45. The maximum Gasteiger partial charge on any atom is -0.00773 e. The van der Waals surface area contributed by atoms with Gasteiger partial charge in [0.2, 0.25) is 0 Å². The first-order valence-corrected chi connectivity index (χ1v) is 6.55. The normalized spacial score (nSPS) is 13.1. The van der Waals surface area contributed by atoms with E-state index < -0.39 is 0 Å². The Hall–Kier alpha value is -0.0400. The van der Waals surface area contributed by atoms with Crippen LogP contribution in [0.1, 0.15) is 71.6 Å². The Morgan fingerprint density at radius 3 is 1.93 bits per heavy atom. The van der Waals surface area contributed by atoms with Gasteiger partial charge in [-0.2, -0.15) is 0 Å². The first-order chi connectivity index (χ1) is 6.85. The summed E-state index contributed by atoms with van der Waals surface area (Å²) in [7, 11) is 0. The molecule has 86 valence electrons. The predicted octanol–water partition coefficient (Wildman–Crippen LogP) is 4.11. The van der Waals surface area contributed by atoms with Gasteiger partial charge in [0.15, 0.2) is 0 Å². The van der Waals surface area contributed by atoms with Crippen molar-refractivity contribution in [2.24, 2.45) is 11.7 Å². The highest BCUT2D eigenvalue weighted by Crippen LogP contribution is 2.21. The van der Waals surface area contributed by atoms with Crippen LogP contribution in [0.3, 0.4) is 0 Å². The molecule has 1 nitrogen and oxygen atoms in total. The smallest absolute Gasteiger partial charge is 0.00773 e. The third-order valence-electron chi connectivity index (χ3n) is 2.98. The fourth-order valence-electron chi connectivity index (χ4n) is 2.10. The van der Waals surface area contributed by atoms with Crippen LogP contribution in [0.2, 0.25) is 0 Å². The Morgan fingerprint density at radius 1 is 0.786 bits per heavy atom. The molecule has 1 heteroatoms. The summed E-state index contributed by atoms with van der Waals surface area (Å²) in [5, 5.41) is 0. The molecule has 0 fully saturated rings. The average Bonchev–Trinajstić information content (AvgIpc) is 2.18. The van der Waals surface area contributed by atoms with Crippen LogP contribution in [0.5, 0.6) is 0 Å². The lowest BCUT2D eigenvalue weighted by atomic mass is 9.91. The van der Waals surface area contributed by atoms with Crippen molar-refractivity contribution in [2.45, 2.75) is 71.6 Å². The number of hydrogen-bond donors (Lipinski definition) is 1. The van der Waals surface area contributed by atoms with Gasteiger partial charge in [-0.15, -0.1) is 0 Å². The van der Waals surface area contributed by atoms with Crippen LogP contribution < -0.4 is 5.73 Å². The molecular formula is C13H29N. The van der Waals surface area contributed by atoms with Crippen molar-refractivity contribution >= 4 is 0 Å². The molecule has 0 rings (SSSR count). The Balaban J connectivity index is 3.44. The van der Waals surface area contributed by atoms with E-state index in [1.54, 1.807) is 0 Å². The molecule has 0 aromatic carbocycles.